The molecule has 0 fully saturated rings. The molecule has 9 heteroatoms. The first kappa shape index (κ1) is 22.8. The lowest BCUT2D eigenvalue weighted by molar-refractivity contribution is 0.305. The number of aryl methyl sites for hydroxylation is 2. The fourth-order valence-electron chi connectivity index (χ4n) is 2.62. The van der Waals surface area contributed by atoms with Gasteiger partial charge in [-0.2, -0.15) is 5.10 Å². The molecule has 0 aromatic carbocycles. The summed E-state index contributed by atoms with van der Waals surface area (Å²) in [7, 11) is 8.13. The highest BCUT2D eigenvalue weighted by molar-refractivity contribution is 14.0. The summed E-state index contributed by atoms with van der Waals surface area (Å²) in [5.41, 5.74) is 2.25. The SMILES string of the molecule is CCNC(=NCC(c1cnn(C)c1)N(C)C)N(C)Cc1csc(C)n1.I. The number of hydrogen-bond acceptors (Lipinski definition) is 5. The van der Waals surface area contributed by atoms with Crippen molar-refractivity contribution in [2.24, 2.45) is 12.0 Å². The average Bonchev–Trinajstić information content (AvgIpc) is 3.14. The molecule has 2 aromatic rings. The Kier molecular flexibility index (Phi) is 9.51. The third kappa shape index (κ3) is 6.51. The van der Waals surface area contributed by atoms with Gasteiger partial charge in [-0.05, 0) is 27.9 Å². The second-order valence-electron chi connectivity index (χ2n) is 6.34. The maximum absolute atomic E-state index is 4.85. The van der Waals surface area contributed by atoms with Crippen LogP contribution in [0.2, 0.25) is 0 Å². The molecule has 2 rings (SSSR count). The summed E-state index contributed by atoms with van der Waals surface area (Å²) in [5, 5.41) is 10.9. The van der Waals surface area contributed by atoms with Crippen LogP contribution in [0.25, 0.3) is 0 Å². The van der Waals surface area contributed by atoms with Gasteiger partial charge >= 0.3 is 0 Å². The molecule has 0 spiro atoms. The first-order valence-corrected chi connectivity index (χ1v) is 9.34. The lowest BCUT2D eigenvalue weighted by atomic mass is 10.1. The van der Waals surface area contributed by atoms with E-state index in [0.29, 0.717) is 6.54 Å². The predicted octanol–water partition coefficient (Wildman–Crippen LogP) is 2.50. The van der Waals surface area contributed by atoms with E-state index in [1.165, 1.54) is 5.56 Å². The van der Waals surface area contributed by atoms with Crippen LogP contribution in [0.4, 0.5) is 0 Å². The molecule has 0 aliphatic heterocycles. The number of hydrogen-bond donors (Lipinski definition) is 1. The molecule has 0 aliphatic carbocycles. The van der Waals surface area contributed by atoms with Crippen LogP contribution in [0, 0.1) is 6.92 Å². The Hall–Kier alpha value is -1.20. The van der Waals surface area contributed by atoms with Crippen molar-refractivity contribution < 1.29 is 0 Å². The van der Waals surface area contributed by atoms with E-state index in [1.54, 1.807) is 11.3 Å². The minimum atomic E-state index is 0. The third-order valence-corrected chi connectivity index (χ3v) is 4.73. The molecule has 0 aliphatic rings. The molecule has 26 heavy (non-hydrogen) atoms. The van der Waals surface area contributed by atoms with Crippen LogP contribution in [0.3, 0.4) is 0 Å². The number of nitrogens with zero attached hydrogens (tertiary/aromatic N) is 6. The highest BCUT2D eigenvalue weighted by atomic mass is 127. The molecule has 0 saturated carbocycles. The largest absolute Gasteiger partial charge is 0.357 e. The summed E-state index contributed by atoms with van der Waals surface area (Å²) in [5.74, 6) is 0.892. The second kappa shape index (κ2) is 10.8. The molecule has 1 unspecified atom stereocenters. The maximum Gasteiger partial charge on any atom is 0.194 e. The lowest BCUT2D eigenvalue weighted by Gasteiger charge is -2.25. The molecule has 146 valence electrons. The normalized spacial score (nSPS) is 12.8. The third-order valence-electron chi connectivity index (χ3n) is 3.91. The van der Waals surface area contributed by atoms with E-state index in [2.05, 4.69) is 57.8 Å². The van der Waals surface area contributed by atoms with Crippen molar-refractivity contribution in [3.8, 4) is 0 Å². The Labute approximate surface area is 177 Å². The molecule has 0 saturated heterocycles. The van der Waals surface area contributed by atoms with Crippen LogP contribution in [-0.4, -0.2) is 64.8 Å². The summed E-state index contributed by atoms with van der Waals surface area (Å²) in [6.07, 6.45) is 3.96. The monoisotopic (exact) mass is 491 g/mol. The summed E-state index contributed by atoms with van der Waals surface area (Å²) in [6, 6.07) is 0.192. The fourth-order valence-corrected chi connectivity index (χ4v) is 3.22. The summed E-state index contributed by atoms with van der Waals surface area (Å²) < 4.78 is 1.83. The van der Waals surface area contributed by atoms with Crippen molar-refractivity contribution >= 4 is 41.3 Å². The Morgan fingerprint density at radius 2 is 2.12 bits per heavy atom. The van der Waals surface area contributed by atoms with Crippen LogP contribution in [0.1, 0.15) is 29.2 Å². The van der Waals surface area contributed by atoms with Crippen molar-refractivity contribution in [3.63, 3.8) is 0 Å². The van der Waals surface area contributed by atoms with E-state index in [9.17, 15) is 0 Å². The van der Waals surface area contributed by atoms with Gasteiger partial charge in [0, 0.05) is 37.8 Å². The number of thiazole rings is 1. The van der Waals surface area contributed by atoms with Crippen LogP contribution < -0.4 is 5.32 Å². The van der Waals surface area contributed by atoms with E-state index in [1.807, 2.05) is 31.9 Å². The summed E-state index contributed by atoms with van der Waals surface area (Å²) in [6.45, 7) is 6.36. The van der Waals surface area contributed by atoms with E-state index in [-0.39, 0.29) is 30.0 Å². The van der Waals surface area contributed by atoms with Crippen LogP contribution in [-0.2, 0) is 13.6 Å². The maximum atomic E-state index is 4.85. The molecule has 2 aromatic heterocycles. The summed E-state index contributed by atoms with van der Waals surface area (Å²) >= 11 is 1.68. The van der Waals surface area contributed by atoms with Gasteiger partial charge in [0.1, 0.15) is 0 Å². The molecule has 0 amide bonds. The molecule has 0 radical (unpaired) electrons. The molecule has 2 heterocycles. The second-order valence-corrected chi connectivity index (χ2v) is 7.40. The Morgan fingerprint density at radius 3 is 2.62 bits per heavy atom. The predicted molar refractivity (Wildman–Crippen MR) is 119 cm³/mol. The van der Waals surface area contributed by atoms with Crippen molar-refractivity contribution in [1.29, 1.82) is 0 Å². The van der Waals surface area contributed by atoms with Crippen LogP contribution >= 0.6 is 35.3 Å². The number of halogens is 1. The minimum absolute atomic E-state index is 0. The van der Waals surface area contributed by atoms with Crippen LogP contribution in [0.5, 0.6) is 0 Å². The van der Waals surface area contributed by atoms with Gasteiger partial charge in [0.25, 0.3) is 0 Å². The van der Waals surface area contributed by atoms with E-state index in [0.717, 1.165) is 29.8 Å². The zero-order valence-corrected chi connectivity index (χ0v) is 19.6. The number of rotatable bonds is 7. The zero-order valence-electron chi connectivity index (χ0n) is 16.4. The fraction of sp³-hybridized carbons (Fsp3) is 0.588. The van der Waals surface area contributed by atoms with Gasteiger partial charge in [-0.1, -0.05) is 0 Å². The zero-order chi connectivity index (χ0) is 18.4. The Bertz CT molecular complexity index is 695. The Morgan fingerprint density at radius 1 is 1.38 bits per heavy atom. The number of likely N-dealkylation sites (N-methyl/N-ethyl adjacent to an activating group) is 1. The highest BCUT2D eigenvalue weighted by Gasteiger charge is 2.17. The highest BCUT2D eigenvalue weighted by Crippen LogP contribution is 2.18. The lowest BCUT2D eigenvalue weighted by Crippen LogP contribution is -2.39. The number of aliphatic imine (C=N–C) groups is 1. The topological polar surface area (TPSA) is 61.6 Å². The van der Waals surface area contributed by atoms with Gasteiger partial charge in [-0.15, -0.1) is 35.3 Å². The van der Waals surface area contributed by atoms with Gasteiger partial charge in [-0.3, -0.25) is 9.67 Å². The van der Waals surface area contributed by atoms with Crippen molar-refractivity contribution in [1.82, 2.24) is 29.9 Å². The number of nitrogens with one attached hydrogen (secondary N) is 1. The van der Waals surface area contributed by atoms with Gasteiger partial charge in [0.05, 0.1) is 36.0 Å². The standard InChI is InChI=1S/C17H29N7S.HI/c1-7-18-17(23(5)11-15-12-25-13(2)21-15)19-9-16(22(3)4)14-8-20-24(6)10-14;/h8,10,12,16H,7,9,11H2,1-6H3,(H,18,19);1H. The van der Waals surface area contributed by atoms with Crippen LogP contribution in [0.15, 0.2) is 22.8 Å². The average molecular weight is 491 g/mol. The van der Waals surface area contributed by atoms with Gasteiger partial charge in [-0.25, -0.2) is 4.98 Å². The smallest absolute Gasteiger partial charge is 0.194 e. The first-order valence-electron chi connectivity index (χ1n) is 8.46. The van der Waals surface area contributed by atoms with Crippen molar-refractivity contribution in [2.75, 3.05) is 34.2 Å². The van der Waals surface area contributed by atoms with E-state index in [4.69, 9.17) is 4.99 Å². The first-order chi connectivity index (χ1) is 11.9. The quantitative estimate of drug-likeness (QED) is 0.367. The number of aromatic nitrogens is 3. The van der Waals surface area contributed by atoms with Gasteiger partial charge in [0.15, 0.2) is 5.96 Å². The van der Waals surface area contributed by atoms with E-state index >= 15 is 0 Å². The molecular formula is C17H30IN7S. The summed E-state index contributed by atoms with van der Waals surface area (Å²) in [4.78, 5) is 13.7. The minimum Gasteiger partial charge on any atom is -0.357 e. The van der Waals surface area contributed by atoms with Gasteiger partial charge in [0.2, 0.25) is 0 Å². The van der Waals surface area contributed by atoms with Crippen molar-refractivity contribution in [2.45, 2.75) is 26.4 Å². The van der Waals surface area contributed by atoms with Gasteiger partial charge < -0.3 is 15.1 Å². The molecule has 1 atom stereocenters. The Balaban J connectivity index is 0.00000338. The van der Waals surface area contributed by atoms with Crippen molar-refractivity contribution in [3.05, 3.63) is 34.0 Å². The molecule has 1 N–H and O–H groups in total. The number of guanidine groups is 1. The molecule has 0 bridgehead atoms. The molecule has 7 nitrogen and oxygen atoms in total. The van der Waals surface area contributed by atoms with E-state index < -0.39 is 0 Å². The molecular weight excluding hydrogens is 461 g/mol.